The molecule has 0 atom stereocenters. The van der Waals surface area contributed by atoms with Crippen LogP contribution in [0, 0.1) is 0 Å². The molecule has 0 aliphatic rings. The van der Waals surface area contributed by atoms with Gasteiger partial charge < -0.3 is 11.1 Å². The number of nitrogen functional groups attached to an aromatic ring is 1. The zero-order chi connectivity index (χ0) is 9.68. The maximum Gasteiger partial charge on any atom is 0.131 e. The predicted octanol–water partition coefficient (Wildman–Crippen LogP) is 1.66. The van der Waals surface area contributed by atoms with Gasteiger partial charge in [-0.3, -0.25) is 0 Å². The van der Waals surface area contributed by atoms with E-state index < -0.39 is 0 Å². The van der Waals surface area contributed by atoms with Crippen molar-refractivity contribution in [3.8, 4) is 0 Å². The number of hydrogen-bond donors (Lipinski definition) is 2. The summed E-state index contributed by atoms with van der Waals surface area (Å²) in [4.78, 5) is 7.90. The summed E-state index contributed by atoms with van der Waals surface area (Å²) in [5.74, 6) is 1.31. The Morgan fingerprint density at radius 1 is 1.38 bits per heavy atom. The maximum atomic E-state index is 5.53. The number of anilines is 2. The summed E-state index contributed by atoms with van der Waals surface area (Å²) in [6.45, 7) is 4.29. The Bertz CT molecular complexity index is 258. The topological polar surface area (TPSA) is 63.8 Å². The molecule has 1 aromatic rings. The fourth-order valence-electron chi connectivity index (χ4n) is 1.15. The Kier molecular flexibility index (Phi) is 3.49. The van der Waals surface area contributed by atoms with Crippen LogP contribution in [0.15, 0.2) is 12.4 Å². The van der Waals surface area contributed by atoms with Crippen molar-refractivity contribution < 1.29 is 0 Å². The van der Waals surface area contributed by atoms with Gasteiger partial charge in [-0.15, -0.1) is 0 Å². The van der Waals surface area contributed by atoms with E-state index in [2.05, 4.69) is 29.1 Å². The summed E-state index contributed by atoms with van der Waals surface area (Å²) in [5.41, 5.74) is 5.53. The Morgan fingerprint density at radius 2 is 2.08 bits per heavy atom. The highest BCUT2D eigenvalue weighted by Crippen LogP contribution is 2.09. The first kappa shape index (κ1) is 9.77. The zero-order valence-corrected chi connectivity index (χ0v) is 8.12. The maximum absolute atomic E-state index is 5.53. The van der Waals surface area contributed by atoms with E-state index in [9.17, 15) is 0 Å². The van der Waals surface area contributed by atoms with E-state index in [1.54, 1.807) is 6.07 Å². The summed E-state index contributed by atoms with van der Waals surface area (Å²) in [6.07, 6.45) is 3.64. The lowest BCUT2D eigenvalue weighted by atomic mass is 10.2. The van der Waals surface area contributed by atoms with Crippen molar-refractivity contribution in [2.45, 2.75) is 32.7 Å². The van der Waals surface area contributed by atoms with Gasteiger partial charge in [-0.2, -0.15) is 0 Å². The van der Waals surface area contributed by atoms with Crippen molar-refractivity contribution in [1.82, 2.24) is 9.97 Å². The van der Waals surface area contributed by atoms with Crippen LogP contribution in [-0.2, 0) is 0 Å². The fraction of sp³-hybridized carbons (Fsp3) is 0.556. The lowest BCUT2D eigenvalue weighted by Crippen LogP contribution is -2.17. The lowest BCUT2D eigenvalue weighted by Gasteiger charge is -2.14. The molecule has 4 heteroatoms. The van der Waals surface area contributed by atoms with E-state index in [1.807, 2.05) is 0 Å². The average Bonchev–Trinajstić information content (AvgIpc) is 2.14. The van der Waals surface area contributed by atoms with E-state index in [-0.39, 0.29) is 0 Å². The number of hydrogen-bond acceptors (Lipinski definition) is 4. The van der Waals surface area contributed by atoms with Gasteiger partial charge in [0.25, 0.3) is 0 Å². The van der Waals surface area contributed by atoms with Crippen LogP contribution in [-0.4, -0.2) is 16.0 Å². The largest absolute Gasteiger partial charge is 0.384 e. The minimum atomic E-state index is 0.467. The predicted molar refractivity (Wildman–Crippen MR) is 54.4 cm³/mol. The van der Waals surface area contributed by atoms with Gasteiger partial charge in [-0.25, -0.2) is 9.97 Å². The molecule has 0 radical (unpaired) electrons. The summed E-state index contributed by atoms with van der Waals surface area (Å²) in [7, 11) is 0. The summed E-state index contributed by atoms with van der Waals surface area (Å²) in [5, 5.41) is 3.29. The molecule has 3 N–H and O–H groups in total. The molecule has 1 rings (SSSR count). The molecule has 72 valence electrons. The van der Waals surface area contributed by atoms with Crippen LogP contribution >= 0.6 is 0 Å². The van der Waals surface area contributed by atoms with Gasteiger partial charge in [0, 0.05) is 12.1 Å². The van der Waals surface area contributed by atoms with E-state index in [1.165, 1.54) is 6.33 Å². The normalized spacial score (nSPS) is 10.4. The lowest BCUT2D eigenvalue weighted by molar-refractivity contribution is 0.668. The van der Waals surface area contributed by atoms with Crippen LogP contribution in [0.5, 0.6) is 0 Å². The van der Waals surface area contributed by atoms with Crippen molar-refractivity contribution in [3.05, 3.63) is 12.4 Å². The van der Waals surface area contributed by atoms with E-state index in [4.69, 9.17) is 5.73 Å². The Labute approximate surface area is 78.6 Å². The molecule has 1 heterocycles. The number of rotatable bonds is 4. The second kappa shape index (κ2) is 4.64. The third-order valence-electron chi connectivity index (χ3n) is 2.03. The third kappa shape index (κ3) is 2.89. The number of nitrogens with zero attached hydrogens (tertiary/aromatic N) is 2. The van der Waals surface area contributed by atoms with Crippen molar-refractivity contribution in [2.24, 2.45) is 0 Å². The van der Waals surface area contributed by atoms with Crippen LogP contribution < -0.4 is 11.1 Å². The average molecular weight is 180 g/mol. The molecule has 0 bridgehead atoms. The van der Waals surface area contributed by atoms with E-state index >= 15 is 0 Å². The van der Waals surface area contributed by atoms with Gasteiger partial charge in [0.05, 0.1) is 0 Å². The Hall–Kier alpha value is -1.32. The molecule has 0 fully saturated rings. The second-order valence-corrected chi connectivity index (χ2v) is 2.99. The number of nitrogens with one attached hydrogen (secondary N) is 1. The van der Waals surface area contributed by atoms with Gasteiger partial charge in [-0.05, 0) is 12.8 Å². The van der Waals surface area contributed by atoms with Crippen molar-refractivity contribution in [2.75, 3.05) is 11.1 Å². The highest BCUT2D eigenvalue weighted by molar-refractivity contribution is 5.43. The van der Waals surface area contributed by atoms with Gasteiger partial charge in [0.1, 0.15) is 18.0 Å². The molecule has 0 saturated carbocycles. The Balaban J connectivity index is 2.62. The Morgan fingerprint density at radius 3 is 2.62 bits per heavy atom. The highest BCUT2D eigenvalue weighted by atomic mass is 15.0. The molecule has 13 heavy (non-hydrogen) atoms. The molecule has 0 spiro atoms. The molecule has 4 nitrogen and oxygen atoms in total. The smallest absolute Gasteiger partial charge is 0.131 e. The van der Waals surface area contributed by atoms with Crippen molar-refractivity contribution >= 4 is 11.6 Å². The minimum Gasteiger partial charge on any atom is -0.384 e. The fourth-order valence-corrected chi connectivity index (χ4v) is 1.15. The van der Waals surface area contributed by atoms with E-state index in [0.29, 0.717) is 11.9 Å². The zero-order valence-electron chi connectivity index (χ0n) is 8.12. The molecule has 0 aliphatic carbocycles. The third-order valence-corrected chi connectivity index (χ3v) is 2.03. The highest BCUT2D eigenvalue weighted by Gasteiger charge is 2.03. The molecule has 0 amide bonds. The van der Waals surface area contributed by atoms with Crippen LogP contribution in [0.4, 0.5) is 11.6 Å². The van der Waals surface area contributed by atoms with Gasteiger partial charge in [-0.1, -0.05) is 13.8 Å². The van der Waals surface area contributed by atoms with Crippen molar-refractivity contribution in [1.29, 1.82) is 0 Å². The summed E-state index contributed by atoms with van der Waals surface area (Å²) >= 11 is 0. The number of nitrogens with two attached hydrogens (primary N) is 1. The number of aromatic nitrogens is 2. The monoisotopic (exact) mass is 180 g/mol. The summed E-state index contributed by atoms with van der Waals surface area (Å²) < 4.78 is 0. The first-order chi connectivity index (χ1) is 6.26. The quantitative estimate of drug-likeness (QED) is 0.739. The molecule has 0 unspecified atom stereocenters. The molecule has 0 aliphatic heterocycles. The van der Waals surface area contributed by atoms with Gasteiger partial charge in [0.15, 0.2) is 0 Å². The first-order valence-electron chi connectivity index (χ1n) is 4.60. The molecular formula is C9H16N4. The minimum absolute atomic E-state index is 0.467. The standard InChI is InChI=1S/C9H16N4/c1-3-7(4-2)13-9-5-8(10)11-6-12-9/h5-7H,3-4H2,1-2H3,(H3,10,11,12,13). The molecular weight excluding hydrogens is 164 g/mol. The van der Waals surface area contributed by atoms with E-state index in [0.717, 1.165) is 18.7 Å². The van der Waals surface area contributed by atoms with Crippen LogP contribution in [0.1, 0.15) is 26.7 Å². The van der Waals surface area contributed by atoms with Crippen LogP contribution in [0.3, 0.4) is 0 Å². The first-order valence-corrected chi connectivity index (χ1v) is 4.60. The second-order valence-electron chi connectivity index (χ2n) is 2.99. The molecule has 0 aromatic carbocycles. The SMILES string of the molecule is CCC(CC)Nc1cc(N)ncn1. The molecule has 0 saturated heterocycles. The summed E-state index contributed by atoms with van der Waals surface area (Å²) in [6, 6.07) is 2.22. The molecule has 1 aromatic heterocycles. The van der Waals surface area contributed by atoms with Gasteiger partial charge in [0.2, 0.25) is 0 Å². The van der Waals surface area contributed by atoms with Crippen LogP contribution in [0.25, 0.3) is 0 Å². The van der Waals surface area contributed by atoms with Crippen molar-refractivity contribution in [3.63, 3.8) is 0 Å². The van der Waals surface area contributed by atoms with Crippen LogP contribution in [0.2, 0.25) is 0 Å². The van der Waals surface area contributed by atoms with Gasteiger partial charge >= 0.3 is 0 Å².